The molecule has 0 saturated heterocycles. The highest BCUT2D eigenvalue weighted by molar-refractivity contribution is 7.43. The van der Waals surface area contributed by atoms with Crippen LogP contribution in [0.15, 0.2) is 0 Å². The maximum atomic E-state index is 11.0. The van der Waals surface area contributed by atoms with E-state index in [9.17, 15) is 19.1 Å². The van der Waals surface area contributed by atoms with Gasteiger partial charge >= 0.3 is 5.97 Å². The minimum atomic E-state index is -5.16. The van der Waals surface area contributed by atoms with E-state index in [1.54, 1.807) is 0 Å². The summed E-state index contributed by atoms with van der Waals surface area (Å²) in [5.41, 5.74) is 0. The second-order valence-corrected chi connectivity index (χ2v) is 7.69. The molecule has 6 heteroatoms. The Hall–Kier alpha value is -0.380. The van der Waals surface area contributed by atoms with Gasteiger partial charge in [0.25, 0.3) is 0 Å². The minimum absolute atomic E-state index is 0.00667. The summed E-state index contributed by atoms with van der Waals surface area (Å²) in [7, 11) is -5.16. The van der Waals surface area contributed by atoms with Gasteiger partial charge in [-0.15, -0.1) is 0 Å². The van der Waals surface area contributed by atoms with Gasteiger partial charge in [0.15, 0.2) is 0 Å². The molecular formula is C18H35O5P-2. The van der Waals surface area contributed by atoms with Crippen molar-refractivity contribution >= 4 is 13.8 Å². The van der Waals surface area contributed by atoms with E-state index in [4.69, 9.17) is 0 Å². The topological polar surface area (TPSA) is 89.5 Å². The zero-order valence-corrected chi connectivity index (χ0v) is 16.2. The molecule has 0 heterocycles. The molecule has 0 aliphatic rings. The molecule has 144 valence electrons. The highest BCUT2D eigenvalue weighted by Gasteiger charge is 2.04. The van der Waals surface area contributed by atoms with E-state index in [0.29, 0.717) is 6.42 Å². The number of unbranched alkanes of at least 4 members (excludes halogenated alkanes) is 14. The van der Waals surface area contributed by atoms with E-state index in [2.05, 4.69) is 11.4 Å². The molecule has 0 radical (unpaired) electrons. The number of hydrogen-bond donors (Lipinski definition) is 0. The van der Waals surface area contributed by atoms with E-state index in [0.717, 1.165) is 19.3 Å². The van der Waals surface area contributed by atoms with Crippen LogP contribution >= 0.6 is 7.82 Å². The fourth-order valence-corrected chi connectivity index (χ4v) is 3.15. The highest BCUT2D eigenvalue weighted by atomic mass is 31.2. The second-order valence-electron chi connectivity index (χ2n) is 6.61. The first-order chi connectivity index (χ1) is 11.5. The number of phosphoric acid groups is 1. The molecule has 0 saturated carbocycles. The van der Waals surface area contributed by atoms with Crippen molar-refractivity contribution in [1.82, 2.24) is 0 Å². The Morgan fingerprint density at radius 2 is 1.04 bits per heavy atom. The number of carbonyl (C=O) groups is 1. The summed E-state index contributed by atoms with van der Waals surface area (Å²) in [6.45, 7) is 2.25. The Morgan fingerprint density at radius 3 is 1.38 bits per heavy atom. The van der Waals surface area contributed by atoms with Crippen molar-refractivity contribution in [3.05, 3.63) is 0 Å². The summed E-state index contributed by atoms with van der Waals surface area (Å²) in [5.74, 6) is -0.932. The maximum absolute atomic E-state index is 11.0. The molecule has 0 aliphatic carbocycles. The third kappa shape index (κ3) is 19.7. The van der Waals surface area contributed by atoms with Crippen LogP contribution in [0, 0.1) is 0 Å². The summed E-state index contributed by atoms with van der Waals surface area (Å²) in [5, 5.41) is 0. The van der Waals surface area contributed by atoms with Gasteiger partial charge < -0.3 is 18.9 Å². The lowest BCUT2D eigenvalue weighted by molar-refractivity contribution is -0.337. The first-order valence-corrected chi connectivity index (χ1v) is 11.2. The lowest BCUT2D eigenvalue weighted by atomic mass is 10.0. The number of phosphoric ester groups is 1. The largest absolute Gasteiger partial charge is 0.780 e. The minimum Gasteiger partial charge on any atom is -0.780 e. The normalized spacial score (nSPS) is 11.6. The van der Waals surface area contributed by atoms with E-state index in [1.807, 2.05) is 0 Å². The lowest BCUT2D eigenvalue weighted by Gasteiger charge is -2.27. The zero-order chi connectivity index (χ0) is 18.1. The van der Waals surface area contributed by atoms with E-state index in [1.165, 1.54) is 70.6 Å². The predicted octanol–water partition coefficient (Wildman–Crippen LogP) is 4.62. The summed E-state index contributed by atoms with van der Waals surface area (Å²) >= 11 is 0. The summed E-state index contributed by atoms with van der Waals surface area (Å²) in [6, 6.07) is 0. The second kappa shape index (κ2) is 16.1. The molecule has 0 unspecified atom stereocenters. The first kappa shape index (κ1) is 23.6. The van der Waals surface area contributed by atoms with Crippen molar-refractivity contribution in [1.29, 1.82) is 0 Å². The molecule has 24 heavy (non-hydrogen) atoms. The van der Waals surface area contributed by atoms with Crippen LogP contribution in [0.1, 0.15) is 110 Å². The fraction of sp³-hybridized carbons (Fsp3) is 0.944. The third-order valence-electron chi connectivity index (χ3n) is 4.20. The molecule has 0 atom stereocenters. The van der Waals surface area contributed by atoms with Crippen molar-refractivity contribution < 1.29 is 23.7 Å². The monoisotopic (exact) mass is 362 g/mol. The van der Waals surface area contributed by atoms with Crippen LogP contribution in [-0.4, -0.2) is 5.97 Å². The van der Waals surface area contributed by atoms with Crippen molar-refractivity contribution in [3.8, 4) is 0 Å². The van der Waals surface area contributed by atoms with Crippen LogP contribution in [0.5, 0.6) is 0 Å². The smallest absolute Gasteiger partial charge is 0.309 e. The molecule has 0 amide bonds. The average molecular weight is 362 g/mol. The molecule has 0 spiro atoms. The highest BCUT2D eigenvalue weighted by Crippen LogP contribution is 2.25. The van der Waals surface area contributed by atoms with Gasteiger partial charge in [-0.1, -0.05) is 96.8 Å². The van der Waals surface area contributed by atoms with Gasteiger partial charge in [-0.05, 0) is 6.42 Å². The number of carbonyl (C=O) groups excluding carboxylic acids is 1. The van der Waals surface area contributed by atoms with E-state index >= 15 is 0 Å². The molecule has 0 N–H and O–H groups in total. The van der Waals surface area contributed by atoms with E-state index in [-0.39, 0.29) is 6.42 Å². The summed E-state index contributed by atoms with van der Waals surface area (Å²) in [4.78, 5) is 31.5. The molecule has 0 fully saturated rings. The van der Waals surface area contributed by atoms with Crippen molar-refractivity contribution in [2.24, 2.45) is 0 Å². The first-order valence-electron chi connectivity index (χ1n) is 9.70. The third-order valence-corrected chi connectivity index (χ3v) is 4.63. The van der Waals surface area contributed by atoms with Gasteiger partial charge in [0.05, 0.1) is 0 Å². The Morgan fingerprint density at radius 1 is 0.708 bits per heavy atom. The summed E-state index contributed by atoms with van der Waals surface area (Å²) < 4.78 is 14.0. The van der Waals surface area contributed by atoms with E-state index < -0.39 is 13.8 Å². The summed E-state index contributed by atoms with van der Waals surface area (Å²) in [6.07, 6.45) is 18.4. The van der Waals surface area contributed by atoms with Crippen LogP contribution < -0.4 is 9.79 Å². The molecular weight excluding hydrogens is 327 g/mol. The van der Waals surface area contributed by atoms with Crippen LogP contribution in [-0.2, 0) is 13.9 Å². The van der Waals surface area contributed by atoms with Gasteiger partial charge in [0.1, 0.15) is 7.82 Å². The molecule has 0 aromatic heterocycles. The fourth-order valence-electron chi connectivity index (χ4n) is 2.81. The molecule has 0 aromatic rings. The average Bonchev–Trinajstić information content (AvgIpc) is 2.49. The molecule has 0 aliphatic heterocycles. The van der Waals surface area contributed by atoms with Crippen molar-refractivity contribution in [2.45, 2.75) is 110 Å². The van der Waals surface area contributed by atoms with Gasteiger partial charge in [0, 0.05) is 6.42 Å². The Kier molecular flexibility index (Phi) is 15.9. The zero-order valence-electron chi connectivity index (χ0n) is 15.3. The van der Waals surface area contributed by atoms with Gasteiger partial charge in [-0.2, -0.15) is 0 Å². The van der Waals surface area contributed by atoms with Gasteiger partial charge in [-0.3, -0.25) is 4.79 Å². The van der Waals surface area contributed by atoms with Crippen LogP contribution in [0.25, 0.3) is 0 Å². The number of rotatable bonds is 17. The molecule has 5 nitrogen and oxygen atoms in total. The molecule has 0 aromatic carbocycles. The SMILES string of the molecule is CCCCCCCCCCCCCCCCCC(=O)OP(=O)([O-])[O-]. The van der Waals surface area contributed by atoms with Crippen molar-refractivity contribution in [2.75, 3.05) is 0 Å². The Balaban J connectivity index is 3.15. The lowest BCUT2D eigenvalue weighted by Crippen LogP contribution is -2.19. The molecule has 0 bridgehead atoms. The van der Waals surface area contributed by atoms with Crippen LogP contribution in [0.3, 0.4) is 0 Å². The van der Waals surface area contributed by atoms with Gasteiger partial charge in [0.2, 0.25) is 0 Å². The quantitative estimate of drug-likeness (QED) is 0.278. The van der Waals surface area contributed by atoms with Crippen molar-refractivity contribution in [3.63, 3.8) is 0 Å². The number of hydrogen-bond acceptors (Lipinski definition) is 5. The molecule has 0 rings (SSSR count). The standard InChI is InChI=1S/C18H37O5P/c1-2-3-4-5-6-7-8-9-10-11-12-13-14-15-16-17-18(19)23-24(20,21)22/h2-17H2,1H3,(H2,20,21,22)/p-2. The van der Waals surface area contributed by atoms with Crippen LogP contribution in [0.4, 0.5) is 0 Å². The maximum Gasteiger partial charge on any atom is 0.309 e. The van der Waals surface area contributed by atoms with Gasteiger partial charge in [-0.25, -0.2) is 0 Å². The van der Waals surface area contributed by atoms with Crippen LogP contribution in [0.2, 0.25) is 0 Å². The Bertz CT molecular complexity index is 340. The Labute approximate surface area is 147 Å². The predicted molar refractivity (Wildman–Crippen MR) is 93.2 cm³/mol.